The summed E-state index contributed by atoms with van der Waals surface area (Å²) in [6.45, 7) is 0. The van der Waals surface area contributed by atoms with Crippen LogP contribution in [0.1, 0.15) is 12.8 Å². The van der Waals surface area contributed by atoms with E-state index in [-0.39, 0.29) is 5.28 Å². The molecule has 1 aromatic carbocycles. The van der Waals surface area contributed by atoms with Crippen molar-refractivity contribution in [2.75, 3.05) is 12.4 Å². The van der Waals surface area contributed by atoms with E-state index < -0.39 is 0 Å². The number of fused-ring (bicyclic) bond motifs is 1. The molecule has 1 saturated carbocycles. The Morgan fingerprint density at radius 3 is 2.83 bits per heavy atom. The topological polar surface area (TPSA) is 47.0 Å². The van der Waals surface area contributed by atoms with Crippen LogP contribution >= 0.6 is 27.5 Å². The fourth-order valence-electron chi connectivity index (χ4n) is 1.81. The fraction of sp³-hybridized carbons (Fsp3) is 0.333. The number of hydrogen-bond donors (Lipinski definition) is 1. The van der Waals surface area contributed by atoms with Crippen molar-refractivity contribution in [1.29, 1.82) is 0 Å². The minimum Gasteiger partial charge on any atom is -0.497 e. The Hall–Kier alpha value is -1.07. The minimum absolute atomic E-state index is 0.241. The molecule has 1 N–H and O–H groups in total. The van der Waals surface area contributed by atoms with Gasteiger partial charge in [-0.2, -0.15) is 0 Å². The molecule has 6 heteroatoms. The highest BCUT2D eigenvalue weighted by Crippen LogP contribution is 2.35. The van der Waals surface area contributed by atoms with Crippen molar-refractivity contribution >= 4 is 44.3 Å². The number of nitrogens with zero attached hydrogens (tertiary/aromatic N) is 2. The number of ether oxygens (including phenoxy) is 1. The van der Waals surface area contributed by atoms with Crippen LogP contribution in [-0.4, -0.2) is 23.1 Å². The highest BCUT2D eigenvalue weighted by atomic mass is 79.9. The predicted octanol–water partition coefficient (Wildman–Crippen LogP) is 3.63. The van der Waals surface area contributed by atoms with Crippen molar-refractivity contribution in [2.24, 2.45) is 0 Å². The third-order valence-corrected chi connectivity index (χ3v) is 3.64. The van der Waals surface area contributed by atoms with E-state index in [1.165, 1.54) is 12.8 Å². The van der Waals surface area contributed by atoms with Crippen LogP contribution < -0.4 is 10.1 Å². The minimum atomic E-state index is 0.241. The first-order valence-electron chi connectivity index (χ1n) is 5.64. The first kappa shape index (κ1) is 12.0. The summed E-state index contributed by atoms with van der Waals surface area (Å²) in [4.78, 5) is 8.51. The van der Waals surface area contributed by atoms with Gasteiger partial charge >= 0.3 is 0 Å². The standard InChI is InChI=1S/C12H11BrClN3O/c1-18-7-4-8(13)10-9(5-7)16-12(14)17-11(10)15-6-2-3-6/h4-6H,2-3H2,1H3,(H,15,16,17). The molecule has 3 rings (SSSR count). The third kappa shape index (κ3) is 2.24. The molecule has 18 heavy (non-hydrogen) atoms. The summed E-state index contributed by atoms with van der Waals surface area (Å²) in [5.74, 6) is 1.52. The molecule has 1 aliphatic carbocycles. The first-order chi connectivity index (χ1) is 8.67. The average Bonchev–Trinajstić information content (AvgIpc) is 3.11. The van der Waals surface area contributed by atoms with E-state index in [1.807, 2.05) is 12.1 Å². The van der Waals surface area contributed by atoms with Gasteiger partial charge in [-0.3, -0.25) is 0 Å². The Morgan fingerprint density at radius 2 is 2.17 bits per heavy atom. The number of methoxy groups -OCH3 is 1. The summed E-state index contributed by atoms with van der Waals surface area (Å²) in [6.07, 6.45) is 2.35. The maximum atomic E-state index is 5.96. The first-order valence-corrected chi connectivity index (χ1v) is 6.82. The summed E-state index contributed by atoms with van der Waals surface area (Å²) in [6, 6.07) is 4.26. The number of aromatic nitrogens is 2. The average molecular weight is 329 g/mol. The van der Waals surface area contributed by atoms with Gasteiger partial charge in [0.25, 0.3) is 0 Å². The van der Waals surface area contributed by atoms with Crippen LogP contribution in [0, 0.1) is 0 Å². The van der Waals surface area contributed by atoms with E-state index in [2.05, 4.69) is 31.2 Å². The van der Waals surface area contributed by atoms with Crippen molar-refractivity contribution in [3.05, 3.63) is 21.9 Å². The van der Waals surface area contributed by atoms with Crippen LogP contribution in [0.4, 0.5) is 5.82 Å². The van der Waals surface area contributed by atoms with Crippen LogP contribution in [0.2, 0.25) is 5.28 Å². The van der Waals surface area contributed by atoms with E-state index >= 15 is 0 Å². The smallest absolute Gasteiger partial charge is 0.224 e. The third-order valence-electron chi connectivity index (χ3n) is 2.85. The normalized spacial score (nSPS) is 14.8. The molecular formula is C12H11BrClN3O. The second kappa shape index (κ2) is 4.55. The highest BCUT2D eigenvalue weighted by Gasteiger charge is 2.23. The second-order valence-corrected chi connectivity index (χ2v) is 5.46. The molecule has 2 aromatic rings. The molecule has 0 aliphatic heterocycles. The van der Waals surface area contributed by atoms with E-state index in [9.17, 15) is 0 Å². The quantitative estimate of drug-likeness (QED) is 0.874. The Morgan fingerprint density at radius 1 is 1.39 bits per heavy atom. The molecule has 0 atom stereocenters. The van der Waals surface area contributed by atoms with E-state index in [1.54, 1.807) is 7.11 Å². The lowest BCUT2D eigenvalue weighted by Crippen LogP contribution is -2.05. The predicted molar refractivity (Wildman–Crippen MR) is 75.4 cm³/mol. The Kier molecular flexibility index (Phi) is 3.03. The van der Waals surface area contributed by atoms with Gasteiger partial charge in [0, 0.05) is 16.6 Å². The number of rotatable bonds is 3. The Balaban J connectivity index is 2.20. The highest BCUT2D eigenvalue weighted by molar-refractivity contribution is 9.10. The van der Waals surface area contributed by atoms with Gasteiger partial charge < -0.3 is 10.1 Å². The van der Waals surface area contributed by atoms with Crippen molar-refractivity contribution < 1.29 is 4.74 Å². The van der Waals surface area contributed by atoms with Gasteiger partial charge in [0.2, 0.25) is 5.28 Å². The zero-order valence-electron chi connectivity index (χ0n) is 9.70. The van der Waals surface area contributed by atoms with Crippen molar-refractivity contribution in [3.8, 4) is 5.75 Å². The number of anilines is 1. The Bertz CT molecular complexity index is 616. The molecule has 0 saturated heterocycles. The van der Waals surface area contributed by atoms with Gasteiger partial charge in [0.05, 0.1) is 18.0 Å². The number of nitrogens with one attached hydrogen (secondary N) is 1. The molecule has 0 unspecified atom stereocenters. The molecule has 0 amide bonds. The summed E-state index contributed by atoms with van der Waals surface area (Å²) in [7, 11) is 1.62. The van der Waals surface area contributed by atoms with Gasteiger partial charge in [0.15, 0.2) is 0 Å². The van der Waals surface area contributed by atoms with Crippen molar-refractivity contribution in [2.45, 2.75) is 18.9 Å². The van der Waals surface area contributed by atoms with E-state index in [0.717, 1.165) is 26.9 Å². The van der Waals surface area contributed by atoms with Gasteiger partial charge in [-0.05, 0) is 46.4 Å². The lowest BCUT2D eigenvalue weighted by Gasteiger charge is -2.10. The molecular weight excluding hydrogens is 318 g/mol. The van der Waals surface area contributed by atoms with Crippen LogP contribution in [0.25, 0.3) is 10.9 Å². The molecule has 1 aromatic heterocycles. The second-order valence-electron chi connectivity index (χ2n) is 4.26. The number of hydrogen-bond acceptors (Lipinski definition) is 4. The maximum Gasteiger partial charge on any atom is 0.224 e. The van der Waals surface area contributed by atoms with Crippen LogP contribution in [0.15, 0.2) is 16.6 Å². The van der Waals surface area contributed by atoms with Gasteiger partial charge in [-0.1, -0.05) is 0 Å². The lowest BCUT2D eigenvalue weighted by atomic mass is 10.2. The van der Waals surface area contributed by atoms with Crippen LogP contribution in [0.5, 0.6) is 5.75 Å². The molecule has 0 spiro atoms. The molecule has 0 radical (unpaired) electrons. The summed E-state index contributed by atoms with van der Waals surface area (Å²) in [5, 5.41) is 4.55. The zero-order valence-corrected chi connectivity index (χ0v) is 12.0. The van der Waals surface area contributed by atoms with Gasteiger partial charge in [-0.25, -0.2) is 9.97 Å². The molecule has 94 valence electrons. The van der Waals surface area contributed by atoms with E-state index in [4.69, 9.17) is 16.3 Å². The maximum absolute atomic E-state index is 5.96. The van der Waals surface area contributed by atoms with Crippen molar-refractivity contribution in [1.82, 2.24) is 9.97 Å². The molecule has 1 heterocycles. The molecule has 1 fully saturated rings. The largest absolute Gasteiger partial charge is 0.497 e. The SMILES string of the molecule is COc1cc(Br)c2c(NC3CC3)nc(Cl)nc2c1. The molecule has 0 bridgehead atoms. The zero-order chi connectivity index (χ0) is 12.7. The van der Waals surface area contributed by atoms with Crippen molar-refractivity contribution in [3.63, 3.8) is 0 Å². The van der Waals surface area contributed by atoms with Crippen LogP contribution in [0.3, 0.4) is 0 Å². The Labute approximate surface area is 118 Å². The lowest BCUT2D eigenvalue weighted by molar-refractivity contribution is 0.415. The summed E-state index contributed by atoms with van der Waals surface area (Å²) >= 11 is 9.49. The van der Waals surface area contributed by atoms with E-state index in [0.29, 0.717) is 6.04 Å². The number of halogens is 2. The van der Waals surface area contributed by atoms with Gasteiger partial charge in [0.1, 0.15) is 11.6 Å². The van der Waals surface area contributed by atoms with Gasteiger partial charge in [-0.15, -0.1) is 0 Å². The fourth-order valence-corrected chi connectivity index (χ4v) is 2.60. The number of benzene rings is 1. The summed E-state index contributed by atoms with van der Waals surface area (Å²) in [5.41, 5.74) is 0.768. The molecule has 1 aliphatic rings. The summed E-state index contributed by atoms with van der Waals surface area (Å²) < 4.78 is 6.12. The monoisotopic (exact) mass is 327 g/mol. The molecule has 4 nitrogen and oxygen atoms in total. The van der Waals surface area contributed by atoms with Crippen LogP contribution in [-0.2, 0) is 0 Å².